The van der Waals surface area contributed by atoms with Crippen LogP contribution in [0.15, 0.2) is 121 Å². The van der Waals surface area contributed by atoms with Crippen LogP contribution in [-0.2, 0) is 45.4 Å². The molecule has 1 aliphatic heterocycles. The quantitative estimate of drug-likeness (QED) is 0.135. The molecule has 0 fully saturated rings. The summed E-state index contributed by atoms with van der Waals surface area (Å²) in [7, 11) is 0. The third kappa shape index (κ3) is 4.71. The summed E-state index contributed by atoms with van der Waals surface area (Å²) in [5.74, 6) is 0.893. The van der Waals surface area contributed by atoms with Gasteiger partial charge in [0.25, 0.3) is 6.33 Å². The Morgan fingerprint density at radius 1 is 0.711 bits per heavy atom. The number of hydrogen-bond acceptors (Lipinski definition) is 2. The minimum atomic E-state index is 0. The van der Waals surface area contributed by atoms with E-state index in [1.807, 2.05) is 12.3 Å². The van der Waals surface area contributed by atoms with Crippen LogP contribution < -0.4 is 4.57 Å². The standard InChI is InChI=1S/C39H26N4O.Pt/c1-2-10-31(11-3-1)41-26-42(37-16-7-6-15-36(37)41)32-12-8-9-27(20-32)19-28-17-18-34-33-13-4-5-14-35(33)43(38(34)21-28)39-22-29-24-44-25-30(29)23-40-39;/h1-18,22-23H,19,24-25H2;/q-2;. The molecule has 0 saturated carbocycles. The number of aromatic nitrogens is 4. The fraction of sp³-hybridized carbons (Fsp3) is 0.0769. The van der Waals surface area contributed by atoms with Crippen molar-refractivity contribution in [2.45, 2.75) is 19.6 Å². The molecule has 0 saturated heterocycles. The largest absolute Gasteiger partial charge is 0.372 e. The second-order valence-electron chi connectivity index (χ2n) is 11.2. The second-order valence-corrected chi connectivity index (χ2v) is 11.2. The van der Waals surface area contributed by atoms with Gasteiger partial charge >= 0.3 is 0 Å². The normalized spacial score (nSPS) is 12.5. The Bertz CT molecular complexity index is 2360. The smallest absolute Gasteiger partial charge is 0.268 e. The third-order valence-corrected chi connectivity index (χ3v) is 8.50. The van der Waals surface area contributed by atoms with E-state index in [0.717, 1.165) is 55.9 Å². The molecule has 220 valence electrons. The van der Waals surface area contributed by atoms with Crippen LogP contribution in [-0.4, -0.2) is 14.1 Å². The topological polar surface area (TPSA) is 35.9 Å². The van der Waals surface area contributed by atoms with Gasteiger partial charge in [-0.15, -0.1) is 5.39 Å². The van der Waals surface area contributed by atoms with Gasteiger partial charge in [0.2, 0.25) is 0 Å². The van der Waals surface area contributed by atoms with Crippen molar-refractivity contribution in [2.75, 3.05) is 0 Å². The van der Waals surface area contributed by atoms with Crippen molar-refractivity contribution >= 4 is 32.8 Å². The summed E-state index contributed by atoms with van der Waals surface area (Å²) in [6.45, 7) is 1.26. The monoisotopic (exact) mass is 761 g/mol. The van der Waals surface area contributed by atoms with Crippen LogP contribution >= 0.6 is 0 Å². The second kappa shape index (κ2) is 11.3. The van der Waals surface area contributed by atoms with E-state index >= 15 is 0 Å². The van der Waals surface area contributed by atoms with Crippen molar-refractivity contribution in [3.8, 4) is 17.2 Å². The Hall–Kier alpha value is -4.83. The zero-order valence-corrected chi connectivity index (χ0v) is 26.5. The van der Waals surface area contributed by atoms with E-state index in [9.17, 15) is 0 Å². The van der Waals surface area contributed by atoms with Gasteiger partial charge in [0, 0.05) is 38.3 Å². The van der Waals surface area contributed by atoms with Gasteiger partial charge in [-0.3, -0.25) is 4.57 Å². The van der Waals surface area contributed by atoms with E-state index in [1.54, 1.807) is 0 Å². The summed E-state index contributed by atoms with van der Waals surface area (Å²) < 4.78 is 12.1. The molecule has 5 nitrogen and oxygen atoms in total. The number of ether oxygens (including phenoxy) is 1. The Morgan fingerprint density at radius 3 is 2.40 bits per heavy atom. The number of benzene rings is 5. The fourth-order valence-corrected chi connectivity index (χ4v) is 6.40. The van der Waals surface area contributed by atoms with Gasteiger partial charge in [0.15, 0.2) is 0 Å². The van der Waals surface area contributed by atoms with Gasteiger partial charge < -0.3 is 13.9 Å². The molecule has 1 aliphatic rings. The molecule has 0 spiro atoms. The molecule has 9 rings (SSSR count). The van der Waals surface area contributed by atoms with Crippen molar-refractivity contribution in [2.24, 2.45) is 0 Å². The van der Waals surface area contributed by atoms with E-state index in [4.69, 9.17) is 9.72 Å². The van der Waals surface area contributed by atoms with Gasteiger partial charge in [0.05, 0.1) is 29.9 Å². The minimum Gasteiger partial charge on any atom is -0.372 e. The average molecular weight is 762 g/mol. The first-order valence-electron chi connectivity index (χ1n) is 14.8. The molecule has 6 heteroatoms. The summed E-state index contributed by atoms with van der Waals surface area (Å²) >= 11 is 0. The number of rotatable bonds is 5. The molecule has 4 heterocycles. The Labute approximate surface area is 275 Å². The number of pyridine rings is 1. The zero-order chi connectivity index (χ0) is 29.0. The summed E-state index contributed by atoms with van der Waals surface area (Å²) in [6.07, 6.45) is 6.22. The van der Waals surface area contributed by atoms with Crippen LogP contribution in [0.4, 0.5) is 0 Å². The number of fused-ring (bicyclic) bond motifs is 5. The first-order chi connectivity index (χ1) is 21.8. The molecule has 3 aromatic heterocycles. The summed E-state index contributed by atoms with van der Waals surface area (Å²) in [5.41, 5.74) is 10.9. The van der Waals surface area contributed by atoms with Crippen molar-refractivity contribution in [1.29, 1.82) is 0 Å². The molecule has 0 unspecified atom stereocenters. The molecule has 45 heavy (non-hydrogen) atoms. The van der Waals surface area contributed by atoms with Crippen molar-refractivity contribution in [1.82, 2.24) is 14.1 Å². The molecular weight excluding hydrogens is 736 g/mol. The maximum absolute atomic E-state index is 5.67. The SMILES string of the molecule is [Pt].[c-]1c(Cc2[c-]c3c(cc2)c2ccccc2n3-c2cc3c(cn2)COC3)cccc1-n1[c-][n+](-c2ccccc2)c2ccccc21. The molecule has 0 atom stereocenters. The zero-order valence-electron chi connectivity index (χ0n) is 24.2. The molecule has 0 bridgehead atoms. The maximum Gasteiger partial charge on any atom is 0.268 e. The molecule has 0 amide bonds. The predicted molar refractivity (Wildman–Crippen MR) is 171 cm³/mol. The van der Waals surface area contributed by atoms with Crippen LogP contribution in [0.3, 0.4) is 0 Å². The van der Waals surface area contributed by atoms with Gasteiger partial charge in [-0.2, -0.15) is 53.6 Å². The van der Waals surface area contributed by atoms with E-state index in [2.05, 4.69) is 141 Å². The molecule has 0 N–H and O–H groups in total. The number of hydrogen-bond donors (Lipinski definition) is 0. The predicted octanol–water partition coefficient (Wildman–Crippen LogP) is 7.42. The Kier molecular flexibility index (Phi) is 6.93. The average Bonchev–Trinajstić information content (AvgIpc) is 3.79. The summed E-state index contributed by atoms with van der Waals surface area (Å²) in [4.78, 5) is 4.85. The van der Waals surface area contributed by atoms with E-state index < -0.39 is 0 Å². The van der Waals surface area contributed by atoms with E-state index in [1.165, 1.54) is 16.3 Å². The first kappa shape index (κ1) is 27.7. The van der Waals surface area contributed by atoms with Crippen molar-refractivity contribution in [3.63, 3.8) is 0 Å². The van der Waals surface area contributed by atoms with Crippen molar-refractivity contribution in [3.05, 3.63) is 162 Å². The summed E-state index contributed by atoms with van der Waals surface area (Å²) in [5, 5.41) is 2.36. The first-order valence-corrected chi connectivity index (χ1v) is 14.8. The molecule has 0 aliphatic carbocycles. The van der Waals surface area contributed by atoms with Gasteiger partial charge in [-0.25, -0.2) is 4.98 Å². The molecular formula is C39H26N4OPt-2. The van der Waals surface area contributed by atoms with Crippen LogP contribution in [0, 0.1) is 18.5 Å². The molecule has 5 aromatic carbocycles. The summed E-state index contributed by atoms with van der Waals surface area (Å²) in [6, 6.07) is 47.6. The van der Waals surface area contributed by atoms with Gasteiger partial charge in [0.1, 0.15) is 5.82 Å². The third-order valence-electron chi connectivity index (χ3n) is 8.50. The number of nitrogens with zero attached hydrogens (tertiary/aromatic N) is 4. The molecule has 8 aromatic rings. The van der Waals surface area contributed by atoms with Crippen molar-refractivity contribution < 1.29 is 30.4 Å². The Morgan fingerprint density at radius 2 is 1.49 bits per heavy atom. The van der Waals surface area contributed by atoms with Crippen LogP contribution in [0.2, 0.25) is 0 Å². The van der Waals surface area contributed by atoms with Crippen LogP contribution in [0.5, 0.6) is 0 Å². The number of imidazole rings is 1. The van der Waals surface area contributed by atoms with E-state index in [0.29, 0.717) is 19.6 Å². The van der Waals surface area contributed by atoms with Crippen LogP contribution in [0.25, 0.3) is 50.0 Å². The Balaban J connectivity index is 0.00000300. The van der Waals surface area contributed by atoms with E-state index in [-0.39, 0.29) is 21.1 Å². The number of para-hydroxylation sites is 4. The fourth-order valence-electron chi connectivity index (χ4n) is 6.40. The minimum absolute atomic E-state index is 0. The van der Waals surface area contributed by atoms with Gasteiger partial charge in [-0.1, -0.05) is 66.2 Å². The molecule has 0 radical (unpaired) electrons. The van der Waals surface area contributed by atoms with Crippen LogP contribution in [0.1, 0.15) is 22.3 Å². The van der Waals surface area contributed by atoms with Gasteiger partial charge in [-0.05, 0) is 47.3 Å². The maximum atomic E-state index is 5.67.